The van der Waals surface area contributed by atoms with E-state index in [1.807, 2.05) is 18.2 Å². The molecular weight excluding hydrogens is 278 g/mol. The Kier molecular flexibility index (Phi) is 3.11. The smallest absolute Gasteiger partial charge is 0.163 e. The van der Waals surface area contributed by atoms with Gasteiger partial charge in [-0.3, -0.25) is 0 Å². The Bertz CT molecular complexity index is 775. The average molecular weight is 295 g/mol. The van der Waals surface area contributed by atoms with Crippen molar-refractivity contribution in [2.24, 2.45) is 0 Å². The summed E-state index contributed by atoms with van der Waals surface area (Å²) in [6.07, 6.45) is 3.54. The number of aromatic nitrogens is 2. The van der Waals surface area contributed by atoms with Crippen LogP contribution in [-0.2, 0) is 6.42 Å². The first-order valence-electron chi connectivity index (χ1n) is 7.46. The van der Waals surface area contributed by atoms with Crippen molar-refractivity contribution >= 4 is 27.4 Å². The molecule has 1 aliphatic carbocycles. The highest BCUT2D eigenvalue weighted by Crippen LogP contribution is 2.34. The molecule has 0 spiro atoms. The van der Waals surface area contributed by atoms with E-state index in [0.29, 0.717) is 6.04 Å². The molecule has 1 aliphatic rings. The van der Waals surface area contributed by atoms with E-state index in [1.54, 1.807) is 11.3 Å². The van der Waals surface area contributed by atoms with Gasteiger partial charge in [-0.15, -0.1) is 11.3 Å². The number of rotatable bonds is 4. The number of fused-ring (bicyclic) bond motifs is 1. The summed E-state index contributed by atoms with van der Waals surface area (Å²) in [6, 6.07) is 13.0. The maximum absolute atomic E-state index is 4.78. The third-order valence-corrected chi connectivity index (χ3v) is 4.92. The highest BCUT2D eigenvalue weighted by Gasteiger charge is 2.23. The molecule has 106 valence electrons. The molecule has 21 heavy (non-hydrogen) atoms. The van der Waals surface area contributed by atoms with E-state index in [2.05, 4.69) is 30.4 Å². The van der Waals surface area contributed by atoms with Crippen LogP contribution in [0.4, 0.5) is 5.82 Å². The van der Waals surface area contributed by atoms with Crippen LogP contribution in [-0.4, -0.2) is 16.0 Å². The van der Waals surface area contributed by atoms with Gasteiger partial charge in [0.25, 0.3) is 0 Å². The largest absolute Gasteiger partial charge is 0.367 e. The molecule has 2 aromatic heterocycles. The van der Waals surface area contributed by atoms with Gasteiger partial charge in [-0.25, -0.2) is 9.97 Å². The molecule has 4 rings (SSSR count). The lowest BCUT2D eigenvalue weighted by Crippen LogP contribution is -2.04. The van der Waals surface area contributed by atoms with Gasteiger partial charge < -0.3 is 5.32 Å². The lowest BCUT2D eigenvalue weighted by Gasteiger charge is -2.07. The second-order valence-electron chi connectivity index (χ2n) is 5.47. The van der Waals surface area contributed by atoms with Gasteiger partial charge in [0, 0.05) is 16.5 Å². The first kappa shape index (κ1) is 12.8. The number of anilines is 1. The van der Waals surface area contributed by atoms with Crippen molar-refractivity contribution in [3.8, 4) is 11.4 Å². The van der Waals surface area contributed by atoms with E-state index in [-0.39, 0.29) is 0 Å². The number of nitrogens with zero attached hydrogens (tertiary/aromatic N) is 2. The zero-order valence-corrected chi connectivity index (χ0v) is 12.8. The second-order valence-corrected chi connectivity index (χ2v) is 6.58. The lowest BCUT2D eigenvalue weighted by molar-refractivity contribution is 1.11. The Morgan fingerprint density at radius 1 is 1.19 bits per heavy atom. The molecule has 1 N–H and O–H groups in total. The van der Waals surface area contributed by atoms with Gasteiger partial charge in [0.15, 0.2) is 5.82 Å². The van der Waals surface area contributed by atoms with Crippen LogP contribution in [0.25, 0.3) is 21.6 Å². The summed E-state index contributed by atoms with van der Waals surface area (Å²) in [5, 5.41) is 4.73. The molecule has 0 radical (unpaired) electrons. The van der Waals surface area contributed by atoms with Gasteiger partial charge in [-0.05, 0) is 25.3 Å². The minimum absolute atomic E-state index is 0.594. The van der Waals surface area contributed by atoms with Gasteiger partial charge in [0.05, 0.1) is 5.39 Å². The normalized spacial score (nSPS) is 14.5. The van der Waals surface area contributed by atoms with Crippen LogP contribution in [0, 0.1) is 0 Å². The first-order chi connectivity index (χ1) is 10.3. The fourth-order valence-corrected chi connectivity index (χ4v) is 3.36. The highest BCUT2D eigenvalue weighted by molar-refractivity contribution is 7.18. The topological polar surface area (TPSA) is 37.8 Å². The SMILES string of the molecule is CCc1cc2c(NC3CC3)nc(-c3ccccc3)nc2s1. The van der Waals surface area contributed by atoms with Crippen LogP contribution in [0.3, 0.4) is 0 Å². The molecule has 3 aromatic rings. The predicted octanol–water partition coefficient (Wildman–Crippen LogP) is 4.50. The Hall–Kier alpha value is -1.94. The van der Waals surface area contributed by atoms with Crippen molar-refractivity contribution in [2.75, 3.05) is 5.32 Å². The van der Waals surface area contributed by atoms with Crippen LogP contribution in [0.1, 0.15) is 24.6 Å². The summed E-state index contributed by atoms with van der Waals surface area (Å²) >= 11 is 1.78. The van der Waals surface area contributed by atoms with E-state index >= 15 is 0 Å². The van der Waals surface area contributed by atoms with Gasteiger partial charge in [-0.1, -0.05) is 37.3 Å². The molecule has 0 amide bonds. The number of thiophene rings is 1. The first-order valence-corrected chi connectivity index (χ1v) is 8.27. The molecule has 2 heterocycles. The quantitative estimate of drug-likeness (QED) is 0.770. The van der Waals surface area contributed by atoms with E-state index in [1.165, 1.54) is 23.1 Å². The lowest BCUT2D eigenvalue weighted by atomic mass is 10.2. The van der Waals surface area contributed by atoms with Crippen molar-refractivity contribution in [3.63, 3.8) is 0 Å². The van der Waals surface area contributed by atoms with Crippen LogP contribution < -0.4 is 5.32 Å². The van der Waals surface area contributed by atoms with E-state index < -0.39 is 0 Å². The summed E-state index contributed by atoms with van der Waals surface area (Å²) < 4.78 is 0. The summed E-state index contributed by atoms with van der Waals surface area (Å²) in [4.78, 5) is 12.0. The van der Waals surface area contributed by atoms with Crippen LogP contribution in [0.2, 0.25) is 0 Å². The van der Waals surface area contributed by atoms with E-state index in [0.717, 1.165) is 28.5 Å². The molecule has 0 bridgehead atoms. The number of hydrogen-bond donors (Lipinski definition) is 1. The molecular formula is C17H17N3S. The molecule has 0 unspecified atom stereocenters. The van der Waals surface area contributed by atoms with E-state index in [4.69, 9.17) is 9.97 Å². The number of hydrogen-bond acceptors (Lipinski definition) is 4. The van der Waals surface area contributed by atoms with Gasteiger partial charge in [0.2, 0.25) is 0 Å². The number of benzene rings is 1. The molecule has 0 saturated heterocycles. The zero-order valence-electron chi connectivity index (χ0n) is 12.0. The second kappa shape index (κ2) is 5.11. The van der Waals surface area contributed by atoms with Crippen LogP contribution in [0.15, 0.2) is 36.4 Å². The van der Waals surface area contributed by atoms with Crippen LogP contribution in [0.5, 0.6) is 0 Å². The fraction of sp³-hybridized carbons (Fsp3) is 0.294. The molecule has 1 fully saturated rings. The predicted molar refractivity (Wildman–Crippen MR) is 88.9 cm³/mol. The van der Waals surface area contributed by atoms with Crippen LogP contribution >= 0.6 is 11.3 Å². The monoisotopic (exact) mass is 295 g/mol. The highest BCUT2D eigenvalue weighted by atomic mass is 32.1. The van der Waals surface area contributed by atoms with Crippen molar-refractivity contribution in [3.05, 3.63) is 41.3 Å². The third kappa shape index (κ3) is 2.51. The van der Waals surface area contributed by atoms with Crippen molar-refractivity contribution in [1.82, 2.24) is 9.97 Å². The van der Waals surface area contributed by atoms with Crippen molar-refractivity contribution < 1.29 is 0 Å². The summed E-state index contributed by atoms with van der Waals surface area (Å²) in [6.45, 7) is 2.18. The molecule has 1 aromatic carbocycles. The van der Waals surface area contributed by atoms with Gasteiger partial charge in [-0.2, -0.15) is 0 Å². The minimum atomic E-state index is 0.594. The molecule has 0 atom stereocenters. The Balaban J connectivity index is 1.87. The number of aryl methyl sites for hydroxylation is 1. The van der Waals surface area contributed by atoms with E-state index in [9.17, 15) is 0 Å². The number of nitrogens with one attached hydrogen (secondary N) is 1. The zero-order chi connectivity index (χ0) is 14.2. The Morgan fingerprint density at radius 2 is 2.00 bits per heavy atom. The molecule has 3 nitrogen and oxygen atoms in total. The molecule has 1 saturated carbocycles. The summed E-state index contributed by atoms with van der Waals surface area (Å²) in [5.41, 5.74) is 1.07. The molecule has 0 aliphatic heterocycles. The minimum Gasteiger partial charge on any atom is -0.367 e. The maximum atomic E-state index is 4.78. The Morgan fingerprint density at radius 3 is 2.71 bits per heavy atom. The average Bonchev–Trinajstić information content (AvgIpc) is 3.24. The maximum Gasteiger partial charge on any atom is 0.163 e. The third-order valence-electron chi connectivity index (χ3n) is 3.74. The van der Waals surface area contributed by atoms with Crippen molar-refractivity contribution in [2.45, 2.75) is 32.2 Å². The summed E-state index contributed by atoms with van der Waals surface area (Å²) in [7, 11) is 0. The Labute approximate surface area is 128 Å². The standard InChI is InChI=1S/C17H17N3S/c1-2-13-10-14-16(18-12-8-9-12)19-15(20-17(14)21-13)11-6-4-3-5-7-11/h3-7,10,12H,2,8-9H2,1H3,(H,18,19,20). The molecule has 4 heteroatoms. The van der Waals surface area contributed by atoms with Gasteiger partial charge >= 0.3 is 0 Å². The van der Waals surface area contributed by atoms with Crippen molar-refractivity contribution in [1.29, 1.82) is 0 Å². The fourth-order valence-electron chi connectivity index (χ4n) is 2.39. The van der Waals surface area contributed by atoms with Gasteiger partial charge in [0.1, 0.15) is 10.6 Å². The summed E-state index contributed by atoms with van der Waals surface area (Å²) in [5.74, 6) is 1.81.